The van der Waals surface area contributed by atoms with Gasteiger partial charge in [-0.15, -0.1) is 5.10 Å². The second kappa shape index (κ2) is 5.23. The molecule has 1 aliphatic heterocycles. The fourth-order valence-corrected chi connectivity index (χ4v) is 2.07. The predicted octanol–water partition coefficient (Wildman–Crippen LogP) is 0.851. The summed E-state index contributed by atoms with van der Waals surface area (Å²) in [7, 11) is 0. The number of aromatic nitrogens is 3. The van der Waals surface area contributed by atoms with Gasteiger partial charge in [0.2, 0.25) is 0 Å². The zero-order chi connectivity index (χ0) is 14.8. The zero-order valence-electron chi connectivity index (χ0n) is 11.0. The monoisotopic (exact) mass is 288 g/mol. The van der Waals surface area contributed by atoms with Crippen LogP contribution in [0.2, 0.25) is 0 Å². The molecule has 0 unspecified atom stereocenters. The Labute approximate surface area is 119 Å². The van der Waals surface area contributed by atoms with Crippen molar-refractivity contribution in [3.63, 3.8) is 0 Å². The fraction of sp³-hybridized carbons (Fsp3) is 0.231. The summed E-state index contributed by atoms with van der Waals surface area (Å²) in [6.07, 6.45) is 1.04. The number of carbonyl (C=O) groups is 2. The van der Waals surface area contributed by atoms with E-state index in [1.807, 2.05) is 0 Å². The number of anilines is 1. The number of hydrogen-bond donors (Lipinski definition) is 1. The molecule has 2 aromatic rings. The van der Waals surface area contributed by atoms with E-state index in [9.17, 15) is 9.59 Å². The van der Waals surface area contributed by atoms with Gasteiger partial charge in [-0.25, -0.2) is 9.48 Å². The van der Waals surface area contributed by atoms with Crippen LogP contribution in [0.4, 0.5) is 10.5 Å². The molecule has 1 N–H and O–H groups in total. The van der Waals surface area contributed by atoms with Crippen LogP contribution in [-0.4, -0.2) is 45.3 Å². The van der Waals surface area contributed by atoms with Crippen LogP contribution >= 0.6 is 0 Å². The lowest BCUT2D eigenvalue weighted by Gasteiger charge is -2.12. The van der Waals surface area contributed by atoms with Crippen LogP contribution in [0.1, 0.15) is 5.69 Å². The molecule has 21 heavy (non-hydrogen) atoms. The molecule has 0 spiro atoms. The standard InChI is InChI=1S/C13H12N4O4/c18-12(19)7-9-8-17(15-14-9)11-3-1-10(2-4-11)16-5-6-21-13(16)20/h1-4,8H,5-7H2,(H,18,19). The Morgan fingerprint density at radius 3 is 2.62 bits per heavy atom. The van der Waals surface area contributed by atoms with Crippen molar-refractivity contribution in [3.05, 3.63) is 36.2 Å². The molecule has 8 nitrogen and oxygen atoms in total. The predicted molar refractivity (Wildman–Crippen MR) is 71.4 cm³/mol. The lowest BCUT2D eigenvalue weighted by atomic mass is 10.2. The van der Waals surface area contributed by atoms with Crippen molar-refractivity contribution in [3.8, 4) is 5.69 Å². The molecule has 1 fully saturated rings. The lowest BCUT2D eigenvalue weighted by Crippen LogP contribution is -2.23. The van der Waals surface area contributed by atoms with Gasteiger partial charge in [0.25, 0.3) is 0 Å². The average Bonchev–Trinajstić information content (AvgIpc) is 3.07. The summed E-state index contributed by atoms with van der Waals surface area (Å²) < 4.78 is 6.37. The van der Waals surface area contributed by atoms with Crippen molar-refractivity contribution >= 4 is 17.7 Å². The van der Waals surface area contributed by atoms with E-state index in [2.05, 4.69) is 10.3 Å². The number of benzene rings is 1. The van der Waals surface area contributed by atoms with Crippen LogP contribution in [-0.2, 0) is 16.0 Å². The van der Waals surface area contributed by atoms with Crippen molar-refractivity contribution in [2.75, 3.05) is 18.1 Å². The van der Waals surface area contributed by atoms with Crippen molar-refractivity contribution in [2.45, 2.75) is 6.42 Å². The molecule has 0 aliphatic carbocycles. The molecule has 1 aromatic heterocycles. The highest BCUT2D eigenvalue weighted by atomic mass is 16.6. The van der Waals surface area contributed by atoms with E-state index in [0.717, 1.165) is 11.4 Å². The Morgan fingerprint density at radius 2 is 2.00 bits per heavy atom. The molecule has 108 valence electrons. The third-order valence-corrected chi connectivity index (χ3v) is 3.06. The van der Waals surface area contributed by atoms with Crippen LogP contribution in [0.5, 0.6) is 0 Å². The molecule has 0 radical (unpaired) electrons. The Morgan fingerprint density at radius 1 is 1.29 bits per heavy atom. The third-order valence-electron chi connectivity index (χ3n) is 3.06. The van der Waals surface area contributed by atoms with Gasteiger partial charge in [-0.05, 0) is 24.3 Å². The highest BCUT2D eigenvalue weighted by Gasteiger charge is 2.23. The molecular formula is C13H12N4O4. The Balaban J connectivity index is 1.79. The van der Waals surface area contributed by atoms with Crippen LogP contribution in [0.15, 0.2) is 30.5 Å². The van der Waals surface area contributed by atoms with Gasteiger partial charge in [-0.2, -0.15) is 0 Å². The van der Waals surface area contributed by atoms with Gasteiger partial charge >= 0.3 is 12.1 Å². The first kappa shape index (κ1) is 13.1. The first-order chi connectivity index (χ1) is 10.1. The summed E-state index contributed by atoms with van der Waals surface area (Å²) in [5.74, 6) is -0.954. The van der Waals surface area contributed by atoms with Gasteiger partial charge < -0.3 is 9.84 Å². The van der Waals surface area contributed by atoms with E-state index in [4.69, 9.17) is 9.84 Å². The topological polar surface area (TPSA) is 97.6 Å². The second-order valence-electron chi connectivity index (χ2n) is 4.51. The number of amides is 1. The molecule has 1 aliphatic rings. The molecule has 1 aromatic carbocycles. The lowest BCUT2D eigenvalue weighted by molar-refractivity contribution is -0.136. The Kier molecular flexibility index (Phi) is 3.27. The maximum atomic E-state index is 11.5. The van der Waals surface area contributed by atoms with E-state index in [0.29, 0.717) is 18.8 Å². The third kappa shape index (κ3) is 2.69. The molecule has 1 amide bonds. The number of rotatable bonds is 4. The van der Waals surface area contributed by atoms with Gasteiger partial charge in [0.1, 0.15) is 6.61 Å². The molecule has 1 saturated heterocycles. The van der Waals surface area contributed by atoms with E-state index in [1.165, 1.54) is 4.68 Å². The van der Waals surface area contributed by atoms with Crippen LogP contribution in [0.3, 0.4) is 0 Å². The highest BCUT2D eigenvalue weighted by Crippen LogP contribution is 2.20. The number of ether oxygens (including phenoxy) is 1. The maximum absolute atomic E-state index is 11.5. The summed E-state index contributed by atoms with van der Waals surface area (Å²) >= 11 is 0. The first-order valence-electron chi connectivity index (χ1n) is 6.31. The minimum atomic E-state index is -0.954. The van der Waals surface area contributed by atoms with Gasteiger partial charge in [0.05, 0.1) is 30.5 Å². The van der Waals surface area contributed by atoms with Gasteiger partial charge in [0.15, 0.2) is 0 Å². The zero-order valence-corrected chi connectivity index (χ0v) is 11.0. The molecule has 2 heterocycles. The largest absolute Gasteiger partial charge is 0.481 e. The number of aliphatic carboxylic acids is 1. The quantitative estimate of drug-likeness (QED) is 0.895. The smallest absolute Gasteiger partial charge is 0.414 e. The summed E-state index contributed by atoms with van der Waals surface area (Å²) in [6.45, 7) is 0.923. The van der Waals surface area contributed by atoms with Crippen LogP contribution in [0.25, 0.3) is 5.69 Å². The average molecular weight is 288 g/mol. The van der Waals surface area contributed by atoms with Gasteiger partial charge in [-0.1, -0.05) is 5.21 Å². The number of carbonyl (C=O) groups excluding carboxylic acids is 1. The van der Waals surface area contributed by atoms with Gasteiger partial charge in [0, 0.05) is 5.69 Å². The van der Waals surface area contributed by atoms with Crippen molar-refractivity contribution in [2.24, 2.45) is 0 Å². The fourth-order valence-electron chi connectivity index (χ4n) is 2.07. The molecule has 0 bridgehead atoms. The normalized spacial score (nSPS) is 14.3. The van der Waals surface area contributed by atoms with E-state index in [1.54, 1.807) is 35.4 Å². The molecule has 3 rings (SSSR count). The van der Waals surface area contributed by atoms with Crippen LogP contribution in [0, 0.1) is 0 Å². The highest BCUT2D eigenvalue weighted by molar-refractivity contribution is 5.89. The van der Waals surface area contributed by atoms with E-state index in [-0.39, 0.29) is 12.5 Å². The number of carboxylic acids is 1. The number of nitrogens with zero attached hydrogens (tertiary/aromatic N) is 4. The molecule has 0 atom stereocenters. The summed E-state index contributed by atoms with van der Waals surface area (Å²) in [6, 6.07) is 7.11. The van der Waals surface area contributed by atoms with Crippen molar-refractivity contribution in [1.29, 1.82) is 0 Å². The van der Waals surface area contributed by atoms with Crippen molar-refractivity contribution in [1.82, 2.24) is 15.0 Å². The number of cyclic esters (lactones) is 1. The maximum Gasteiger partial charge on any atom is 0.414 e. The van der Waals surface area contributed by atoms with Crippen molar-refractivity contribution < 1.29 is 19.4 Å². The summed E-state index contributed by atoms with van der Waals surface area (Å²) in [5, 5.41) is 16.4. The summed E-state index contributed by atoms with van der Waals surface area (Å²) in [5.41, 5.74) is 1.86. The van der Waals surface area contributed by atoms with E-state index < -0.39 is 5.97 Å². The summed E-state index contributed by atoms with van der Waals surface area (Å²) in [4.78, 5) is 23.6. The van der Waals surface area contributed by atoms with Gasteiger partial charge in [-0.3, -0.25) is 9.69 Å². The second-order valence-corrected chi connectivity index (χ2v) is 4.51. The minimum Gasteiger partial charge on any atom is -0.481 e. The minimum absolute atomic E-state index is 0.169. The van der Waals surface area contributed by atoms with Crippen LogP contribution < -0.4 is 4.90 Å². The molecule has 0 saturated carbocycles. The SMILES string of the molecule is O=C(O)Cc1cn(-c2ccc(N3CCOC3=O)cc2)nn1. The molecular weight excluding hydrogens is 276 g/mol. The number of carboxylic acid groups (broad SMARTS) is 1. The Hall–Kier alpha value is -2.90. The number of hydrogen-bond acceptors (Lipinski definition) is 5. The first-order valence-corrected chi connectivity index (χ1v) is 6.31. The van der Waals surface area contributed by atoms with E-state index >= 15 is 0 Å². The molecule has 8 heteroatoms. The Bertz CT molecular complexity index is 680.